The predicted molar refractivity (Wildman–Crippen MR) is 85.7 cm³/mol. The molecule has 110 valence electrons. The smallest absolute Gasteiger partial charge is 0.284 e. The number of nitrogens with zero attached hydrogens (tertiary/aromatic N) is 1. The molecule has 7 heteroatoms. The molecule has 1 N–H and O–H groups in total. The fraction of sp³-hybridized carbons (Fsp3) is 0.214. The number of nitrogens with one attached hydrogen (secondary N) is 1. The minimum atomic E-state index is -0.519. The first-order valence-corrected chi connectivity index (χ1v) is 7.98. The van der Waals surface area contributed by atoms with Gasteiger partial charge in [-0.2, -0.15) is 0 Å². The molecule has 0 bridgehead atoms. The molecular formula is C14H13BrN2O3S. The molecule has 1 aromatic heterocycles. The van der Waals surface area contributed by atoms with Crippen LogP contribution in [0.25, 0.3) is 0 Å². The van der Waals surface area contributed by atoms with E-state index in [1.165, 1.54) is 17.7 Å². The van der Waals surface area contributed by atoms with Gasteiger partial charge < -0.3 is 5.32 Å². The molecule has 0 atom stereocenters. The summed E-state index contributed by atoms with van der Waals surface area (Å²) in [5.74, 6) is -0.332. The summed E-state index contributed by atoms with van der Waals surface area (Å²) in [6.07, 6.45) is 0.912. The normalized spacial score (nSPS) is 10.4. The first-order valence-electron chi connectivity index (χ1n) is 6.31. The van der Waals surface area contributed by atoms with Gasteiger partial charge in [0.25, 0.3) is 11.6 Å². The van der Waals surface area contributed by atoms with Crippen LogP contribution in [-0.2, 0) is 13.0 Å². The Morgan fingerprint density at radius 3 is 2.86 bits per heavy atom. The average Bonchev–Trinajstić information content (AvgIpc) is 2.92. The zero-order valence-electron chi connectivity index (χ0n) is 11.3. The highest BCUT2D eigenvalue weighted by Gasteiger charge is 2.19. The van der Waals surface area contributed by atoms with E-state index in [9.17, 15) is 14.9 Å². The van der Waals surface area contributed by atoms with Crippen molar-refractivity contribution in [1.82, 2.24) is 5.32 Å². The van der Waals surface area contributed by atoms with Crippen molar-refractivity contribution in [3.05, 3.63) is 60.2 Å². The third-order valence-corrected chi connectivity index (χ3v) is 4.84. The fourth-order valence-electron chi connectivity index (χ4n) is 1.93. The largest absolute Gasteiger partial charge is 0.347 e. The summed E-state index contributed by atoms with van der Waals surface area (Å²) >= 11 is 4.72. The molecule has 0 aliphatic carbocycles. The van der Waals surface area contributed by atoms with Crippen molar-refractivity contribution in [1.29, 1.82) is 0 Å². The molecule has 5 nitrogen and oxygen atoms in total. The van der Waals surface area contributed by atoms with E-state index in [4.69, 9.17) is 0 Å². The van der Waals surface area contributed by atoms with Gasteiger partial charge in [-0.1, -0.05) is 13.0 Å². The van der Waals surface area contributed by atoms with Gasteiger partial charge in [-0.05, 0) is 45.4 Å². The Balaban J connectivity index is 2.14. The van der Waals surface area contributed by atoms with Crippen LogP contribution in [0.2, 0.25) is 0 Å². The van der Waals surface area contributed by atoms with Crippen molar-refractivity contribution in [2.45, 2.75) is 19.9 Å². The van der Waals surface area contributed by atoms with Crippen molar-refractivity contribution in [3.63, 3.8) is 0 Å². The number of aryl methyl sites for hydroxylation is 1. The van der Waals surface area contributed by atoms with Gasteiger partial charge in [0, 0.05) is 10.9 Å². The van der Waals surface area contributed by atoms with Crippen LogP contribution in [0, 0.1) is 10.1 Å². The quantitative estimate of drug-likeness (QED) is 0.642. The van der Waals surface area contributed by atoms with E-state index < -0.39 is 4.92 Å². The SMILES string of the molecule is CCc1ccsc1CNC(=O)c1cccc([N+](=O)[O-])c1Br. The topological polar surface area (TPSA) is 72.2 Å². The maximum atomic E-state index is 12.2. The lowest BCUT2D eigenvalue weighted by Gasteiger charge is -2.07. The minimum absolute atomic E-state index is 0.118. The van der Waals surface area contributed by atoms with E-state index in [0.717, 1.165) is 11.3 Å². The molecule has 0 saturated heterocycles. The van der Waals surface area contributed by atoms with E-state index in [1.807, 2.05) is 11.4 Å². The first-order chi connectivity index (χ1) is 10.0. The Labute approximate surface area is 134 Å². The first kappa shape index (κ1) is 15.7. The third-order valence-electron chi connectivity index (χ3n) is 3.05. The second-order valence-corrected chi connectivity index (χ2v) is 6.09. The number of carbonyl (C=O) groups excluding carboxylic acids is 1. The van der Waals surface area contributed by atoms with Crippen LogP contribution in [-0.4, -0.2) is 10.8 Å². The maximum absolute atomic E-state index is 12.2. The zero-order valence-corrected chi connectivity index (χ0v) is 13.7. The number of nitro benzene ring substituents is 1. The average molecular weight is 369 g/mol. The zero-order chi connectivity index (χ0) is 15.4. The number of carbonyl (C=O) groups is 1. The number of benzene rings is 1. The van der Waals surface area contributed by atoms with Gasteiger partial charge in [0.15, 0.2) is 0 Å². The summed E-state index contributed by atoms with van der Waals surface area (Å²) in [4.78, 5) is 23.6. The van der Waals surface area contributed by atoms with Crippen molar-refractivity contribution in [2.24, 2.45) is 0 Å². The van der Waals surface area contributed by atoms with E-state index in [1.54, 1.807) is 17.4 Å². The molecule has 2 aromatic rings. The van der Waals surface area contributed by atoms with E-state index >= 15 is 0 Å². The van der Waals surface area contributed by atoms with E-state index in [2.05, 4.69) is 28.2 Å². The lowest BCUT2D eigenvalue weighted by molar-refractivity contribution is -0.385. The van der Waals surface area contributed by atoms with Gasteiger partial charge in [-0.15, -0.1) is 11.3 Å². The molecule has 0 aliphatic heterocycles. The Bertz CT molecular complexity index is 685. The number of halogens is 1. The highest BCUT2D eigenvalue weighted by atomic mass is 79.9. The van der Waals surface area contributed by atoms with Crippen LogP contribution in [0.1, 0.15) is 27.7 Å². The van der Waals surface area contributed by atoms with Gasteiger partial charge in [-0.3, -0.25) is 14.9 Å². The predicted octanol–water partition coefficient (Wildman–Crippen LogP) is 3.91. The Morgan fingerprint density at radius 1 is 1.43 bits per heavy atom. The lowest BCUT2D eigenvalue weighted by atomic mass is 10.1. The second kappa shape index (κ2) is 6.82. The summed E-state index contributed by atoms with van der Waals surface area (Å²) in [6, 6.07) is 6.45. The molecule has 0 radical (unpaired) electrons. The fourth-order valence-corrected chi connectivity index (χ4v) is 3.43. The number of amides is 1. The molecule has 0 saturated carbocycles. The molecule has 1 aromatic carbocycles. The number of rotatable bonds is 5. The van der Waals surface area contributed by atoms with Crippen molar-refractivity contribution in [3.8, 4) is 0 Å². The van der Waals surface area contributed by atoms with Crippen molar-refractivity contribution in [2.75, 3.05) is 0 Å². The van der Waals surface area contributed by atoms with Gasteiger partial charge in [0.1, 0.15) is 4.47 Å². The number of hydrogen-bond donors (Lipinski definition) is 1. The Morgan fingerprint density at radius 2 is 2.19 bits per heavy atom. The van der Waals surface area contributed by atoms with Crippen LogP contribution in [0.3, 0.4) is 0 Å². The van der Waals surface area contributed by atoms with Crippen LogP contribution in [0.5, 0.6) is 0 Å². The molecular weight excluding hydrogens is 356 g/mol. The summed E-state index contributed by atoms with van der Waals surface area (Å²) in [7, 11) is 0. The third kappa shape index (κ3) is 3.48. The summed E-state index contributed by atoms with van der Waals surface area (Å²) < 4.78 is 0.203. The molecule has 1 amide bonds. The Hall–Kier alpha value is -1.73. The maximum Gasteiger partial charge on any atom is 0.284 e. The van der Waals surface area contributed by atoms with Crippen molar-refractivity contribution < 1.29 is 9.72 Å². The summed E-state index contributed by atoms with van der Waals surface area (Å²) in [5.41, 5.74) is 1.35. The van der Waals surface area contributed by atoms with Crippen LogP contribution >= 0.6 is 27.3 Å². The van der Waals surface area contributed by atoms with Crippen LogP contribution in [0.4, 0.5) is 5.69 Å². The van der Waals surface area contributed by atoms with Crippen LogP contribution < -0.4 is 5.32 Å². The Kier molecular flexibility index (Phi) is 5.08. The van der Waals surface area contributed by atoms with Gasteiger partial charge in [-0.25, -0.2) is 0 Å². The highest BCUT2D eigenvalue weighted by Crippen LogP contribution is 2.28. The van der Waals surface area contributed by atoms with Crippen molar-refractivity contribution >= 4 is 38.9 Å². The van der Waals surface area contributed by atoms with Gasteiger partial charge in [0.2, 0.25) is 0 Å². The standard InChI is InChI=1S/C14H13BrN2O3S/c1-2-9-6-7-21-12(9)8-16-14(18)10-4-3-5-11(13(10)15)17(19)20/h3-7H,2,8H2,1H3,(H,16,18). The van der Waals surface area contributed by atoms with Gasteiger partial charge in [0.05, 0.1) is 17.0 Å². The molecule has 2 rings (SSSR count). The highest BCUT2D eigenvalue weighted by molar-refractivity contribution is 9.10. The second-order valence-electron chi connectivity index (χ2n) is 4.30. The minimum Gasteiger partial charge on any atom is -0.347 e. The van der Waals surface area contributed by atoms with E-state index in [0.29, 0.717) is 6.54 Å². The molecule has 0 aliphatic rings. The van der Waals surface area contributed by atoms with E-state index in [-0.39, 0.29) is 21.6 Å². The molecule has 1 heterocycles. The van der Waals surface area contributed by atoms with Crippen LogP contribution in [0.15, 0.2) is 34.1 Å². The monoisotopic (exact) mass is 368 g/mol. The molecule has 0 spiro atoms. The molecule has 21 heavy (non-hydrogen) atoms. The summed E-state index contributed by atoms with van der Waals surface area (Å²) in [6.45, 7) is 2.49. The van der Waals surface area contributed by atoms with Gasteiger partial charge >= 0.3 is 0 Å². The lowest BCUT2D eigenvalue weighted by Crippen LogP contribution is -2.23. The number of thiophene rings is 1. The number of hydrogen-bond acceptors (Lipinski definition) is 4. The molecule has 0 unspecified atom stereocenters. The summed E-state index contributed by atoms with van der Waals surface area (Å²) in [5, 5.41) is 15.7. The molecule has 0 fully saturated rings. The number of nitro groups is 1.